The van der Waals surface area contributed by atoms with Crippen molar-refractivity contribution in [1.29, 1.82) is 0 Å². The van der Waals surface area contributed by atoms with E-state index in [1.807, 2.05) is 0 Å². The minimum atomic E-state index is -4.13. The Labute approximate surface area is 118 Å². The summed E-state index contributed by atoms with van der Waals surface area (Å²) in [6.45, 7) is 0.294. The Morgan fingerprint density at radius 2 is 1.90 bits per heavy atom. The number of alkyl halides is 3. The molecule has 2 aromatic rings. The summed E-state index contributed by atoms with van der Waals surface area (Å²) < 4.78 is 37.7. The van der Waals surface area contributed by atoms with E-state index in [2.05, 4.69) is 15.5 Å². The molecule has 0 fully saturated rings. The molecule has 0 saturated heterocycles. The van der Waals surface area contributed by atoms with Gasteiger partial charge in [0.1, 0.15) is 0 Å². The quantitative estimate of drug-likeness (QED) is 0.652. The van der Waals surface area contributed by atoms with Crippen LogP contribution in [-0.4, -0.2) is 26.4 Å². The van der Waals surface area contributed by atoms with E-state index in [9.17, 15) is 13.2 Å². The molecule has 9 heteroatoms. The molecule has 0 radical (unpaired) electrons. The first-order valence-corrected chi connectivity index (χ1v) is 6.35. The Hall–Kier alpha value is -2.32. The molecule has 0 atom stereocenters. The van der Waals surface area contributed by atoms with Gasteiger partial charge in [-0.1, -0.05) is 0 Å². The Bertz CT molecular complexity index is 607. The smallest absolute Gasteiger partial charge is 0.389 e. The Morgan fingerprint density at radius 1 is 1.14 bits per heavy atom. The minimum Gasteiger partial charge on any atom is -0.399 e. The molecule has 1 heterocycles. The normalized spacial score (nSPS) is 11.8. The lowest BCUT2D eigenvalue weighted by Crippen LogP contribution is -2.09. The van der Waals surface area contributed by atoms with Gasteiger partial charge in [0.2, 0.25) is 0 Å². The van der Waals surface area contributed by atoms with Gasteiger partial charge in [-0.3, -0.25) is 0 Å². The number of nitrogens with two attached hydrogens (primary N) is 2. The summed E-state index contributed by atoms with van der Waals surface area (Å²) in [5.74, 6) is 0.416. The first-order valence-electron chi connectivity index (χ1n) is 6.35. The summed E-state index contributed by atoms with van der Waals surface area (Å²) in [4.78, 5) is 0. The van der Waals surface area contributed by atoms with E-state index in [4.69, 9.17) is 11.5 Å². The monoisotopic (exact) mass is 300 g/mol. The number of hydrogen-bond acceptors (Lipinski definition) is 5. The highest BCUT2D eigenvalue weighted by atomic mass is 19.4. The maximum Gasteiger partial charge on any atom is 0.389 e. The van der Waals surface area contributed by atoms with Gasteiger partial charge < -0.3 is 11.5 Å². The predicted molar refractivity (Wildman–Crippen MR) is 72.0 cm³/mol. The van der Waals surface area contributed by atoms with Gasteiger partial charge in [0.05, 0.1) is 0 Å². The van der Waals surface area contributed by atoms with Crippen molar-refractivity contribution >= 4 is 11.4 Å². The minimum absolute atomic E-state index is 0.0278. The highest BCUT2D eigenvalue weighted by Crippen LogP contribution is 2.26. The summed E-state index contributed by atoms with van der Waals surface area (Å²) >= 11 is 0. The lowest BCUT2D eigenvalue weighted by molar-refractivity contribution is -0.135. The molecule has 0 aliphatic carbocycles. The van der Waals surface area contributed by atoms with Crippen molar-refractivity contribution in [3.63, 3.8) is 0 Å². The van der Waals surface area contributed by atoms with E-state index in [1.165, 1.54) is 4.68 Å². The van der Waals surface area contributed by atoms with Gasteiger partial charge in [-0.15, -0.1) is 5.10 Å². The molecular formula is C12H15F3N6. The van der Waals surface area contributed by atoms with Crippen molar-refractivity contribution < 1.29 is 13.2 Å². The van der Waals surface area contributed by atoms with Crippen LogP contribution in [0.4, 0.5) is 24.5 Å². The van der Waals surface area contributed by atoms with Gasteiger partial charge in [-0.05, 0) is 41.5 Å². The Kier molecular flexibility index (Phi) is 4.29. The van der Waals surface area contributed by atoms with Gasteiger partial charge in [0, 0.05) is 29.9 Å². The third kappa shape index (κ3) is 4.07. The van der Waals surface area contributed by atoms with Crippen LogP contribution in [0.15, 0.2) is 18.2 Å². The van der Waals surface area contributed by atoms with E-state index in [0.29, 0.717) is 35.7 Å². The second-order valence-corrected chi connectivity index (χ2v) is 4.64. The van der Waals surface area contributed by atoms with Gasteiger partial charge in [-0.25, -0.2) is 4.68 Å². The topological polar surface area (TPSA) is 95.6 Å². The van der Waals surface area contributed by atoms with Crippen LogP contribution in [-0.2, 0) is 6.54 Å². The number of hydrogen-bond donors (Lipinski definition) is 2. The molecule has 0 unspecified atom stereocenters. The molecule has 0 amide bonds. The number of aromatic nitrogens is 4. The molecule has 114 valence electrons. The van der Waals surface area contributed by atoms with Crippen LogP contribution in [0, 0.1) is 0 Å². The summed E-state index contributed by atoms with van der Waals surface area (Å²) in [7, 11) is 0. The van der Waals surface area contributed by atoms with Crippen molar-refractivity contribution in [2.24, 2.45) is 0 Å². The zero-order chi connectivity index (χ0) is 15.5. The number of tetrazole rings is 1. The van der Waals surface area contributed by atoms with E-state index in [-0.39, 0.29) is 6.42 Å². The number of rotatable bonds is 5. The third-order valence-corrected chi connectivity index (χ3v) is 2.93. The number of nitrogen functional groups attached to an aromatic ring is 2. The number of benzene rings is 1. The van der Waals surface area contributed by atoms with E-state index in [1.54, 1.807) is 18.2 Å². The number of unbranched alkanes of at least 4 members (excludes halogenated alkanes) is 1. The summed E-state index contributed by atoms with van der Waals surface area (Å²) in [6.07, 6.45) is -4.59. The van der Waals surface area contributed by atoms with Crippen LogP contribution in [0.25, 0.3) is 11.4 Å². The van der Waals surface area contributed by atoms with E-state index in [0.717, 1.165) is 0 Å². The molecule has 6 nitrogen and oxygen atoms in total. The van der Waals surface area contributed by atoms with Crippen molar-refractivity contribution in [3.8, 4) is 11.4 Å². The van der Waals surface area contributed by atoms with Gasteiger partial charge in [0.25, 0.3) is 0 Å². The molecule has 21 heavy (non-hydrogen) atoms. The van der Waals surface area contributed by atoms with Crippen LogP contribution in [0.2, 0.25) is 0 Å². The van der Waals surface area contributed by atoms with Crippen LogP contribution < -0.4 is 11.5 Å². The average Bonchev–Trinajstić information content (AvgIpc) is 2.82. The Balaban J connectivity index is 2.05. The maximum atomic E-state index is 12.1. The number of aryl methyl sites for hydroxylation is 1. The number of anilines is 2. The summed E-state index contributed by atoms with van der Waals surface area (Å²) in [6, 6.07) is 4.93. The fraction of sp³-hybridized carbons (Fsp3) is 0.417. The molecule has 0 bridgehead atoms. The van der Waals surface area contributed by atoms with E-state index < -0.39 is 12.6 Å². The van der Waals surface area contributed by atoms with Gasteiger partial charge in [-0.2, -0.15) is 13.2 Å². The largest absolute Gasteiger partial charge is 0.399 e. The average molecular weight is 300 g/mol. The summed E-state index contributed by atoms with van der Waals surface area (Å²) in [5, 5.41) is 11.2. The molecule has 4 N–H and O–H groups in total. The lowest BCUT2D eigenvalue weighted by Gasteiger charge is -2.08. The fourth-order valence-electron chi connectivity index (χ4n) is 1.92. The van der Waals surface area contributed by atoms with Gasteiger partial charge in [0.15, 0.2) is 5.82 Å². The highest BCUT2D eigenvalue weighted by Gasteiger charge is 2.26. The van der Waals surface area contributed by atoms with Gasteiger partial charge >= 0.3 is 6.18 Å². The molecule has 0 spiro atoms. The molecule has 0 aliphatic heterocycles. The number of nitrogens with zero attached hydrogens (tertiary/aromatic N) is 4. The molecule has 0 saturated carbocycles. The maximum absolute atomic E-state index is 12.1. The highest BCUT2D eigenvalue weighted by molar-refractivity contribution is 5.74. The molecular weight excluding hydrogens is 285 g/mol. The zero-order valence-corrected chi connectivity index (χ0v) is 11.1. The van der Waals surface area contributed by atoms with Crippen LogP contribution >= 0.6 is 0 Å². The second kappa shape index (κ2) is 5.98. The third-order valence-electron chi connectivity index (χ3n) is 2.93. The summed E-state index contributed by atoms with van der Waals surface area (Å²) in [5.41, 5.74) is 13.0. The predicted octanol–water partition coefficient (Wildman–Crippen LogP) is 2.24. The first-order chi connectivity index (χ1) is 9.87. The van der Waals surface area contributed by atoms with Crippen LogP contribution in [0.5, 0.6) is 0 Å². The van der Waals surface area contributed by atoms with Crippen molar-refractivity contribution in [2.45, 2.75) is 32.0 Å². The molecule has 1 aromatic heterocycles. The zero-order valence-electron chi connectivity index (χ0n) is 11.1. The van der Waals surface area contributed by atoms with Crippen molar-refractivity contribution in [2.75, 3.05) is 11.5 Å². The standard InChI is InChI=1S/C12H15F3N6/c13-12(14,15)5-1-2-6-21-11(18-19-20-21)9-4-3-8(16)7-10(9)17/h3-4,7H,1-2,5-6,16-17H2. The van der Waals surface area contributed by atoms with Crippen molar-refractivity contribution in [1.82, 2.24) is 20.2 Å². The Morgan fingerprint density at radius 3 is 2.57 bits per heavy atom. The molecule has 2 rings (SSSR count). The SMILES string of the molecule is Nc1ccc(-c2nnnn2CCCCC(F)(F)F)c(N)c1. The van der Waals surface area contributed by atoms with E-state index >= 15 is 0 Å². The second-order valence-electron chi connectivity index (χ2n) is 4.64. The lowest BCUT2D eigenvalue weighted by atomic mass is 10.1. The van der Waals surface area contributed by atoms with Crippen LogP contribution in [0.3, 0.4) is 0 Å². The molecule has 1 aromatic carbocycles. The molecule has 0 aliphatic rings. The van der Waals surface area contributed by atoms with Crippen molar-refractivity contribution in [3.05, 3.63) is 18.2 Å². The van der Waals surface area contributed by atoms with Crippen LogP contribution in [0.1, 0.15) is 19.3 Å². The fourth-order valence-corrected chi connectivity index (χ4v) is 1.92. The first kappa shape index (κ1) is 15.1. The number of halogens is 3.